The molecule has 0 aliphatic heterocycles. The lowest BCUT2D eigenvalue weighted by Crippen LogP contribution is -2.25. The second kappa shape index (κ2) is 12.2. The third-order valence-corrected chi connectivity index (χ3v) is 8.85. The summed E-state index contributed by atoms with van der Waals surface area (Å²) in [5, 5.41) is 0. The smallest absolute Gasteiger partial charge is 0.0233 e. The van der Waals surface area contributed by atoms with Crippen molar-refractivity contribution in [2.45, 2.75) is 116 Å². The third kappa shape index (κ3) is 7.07. The van der Waals surface area contributed by atoms with Gasteiger partial charge in [0.25, 0.3) is 0 Å². The summed E-state index contributed by atoms with van der Waals surface area (Å²) in [7, 11) is 0. The van der Waals surface area contributed by atoms with Gasteiger partial charge < -0.3 is 0 Å². The predicted octanol–water partition coefficient (Wildman–Crippen LogP) is 9.12. The monoisotopic (exact) mass is 384 g/mol. The Hall–Kier alpha value is -0.520. The standard InChI is InChI=1S/C28H48/c1-3-5-8-24-11-13-25(14-12-24)9-6-7-10-26-17-21-28(22-18-26)27-19-15-23(4-2)16-20-27/h3,7,10,23-28H,1,4-6,8-9,11-22H2,2H3/b10-7+. The van der Waals surface area contributed by atoms with Crippen molar-refractivity contribution in [3.63, 3.8) is 0 Å². The topological polar surface area (TPSA) is 0 Å². The lowest BCUT2D eigenvalue weighted by Gasteiger charge is -2.37. The molecule has 3 saturated carbocycles. The first-order valence-electron chi connectivity index (χ1n) is 13.1. The molecule has 0 spiro atoms. The van der Waals surface area contributed by atoms with Crippen LogP contribution in [0.25, 0.3) is 0 Å². The van der Waals surface area contributed by atoms with E-state index in [9.17, 15) is 0 Å². The van der Waals surface area contributed by atoms with Crippen molar-refractivity contribution in [1.29, 1.82) is 0 Å². The van der Waals surface area contributed by atoms with Crippen molar-refractivity contribution < 1.29 is 0 Å². The van der Waals surface area contributed by atoms with E-state index < -0.39 is 0 Å². The van der Waals surface area contributed by atoms with Gasteiger partial charge in [0.1, 0.15) is 0 Å². The average molecular weight is 385 g/mol. The van der Waals surface area contributed by atoms with Crippen LogP contribution in [0.3, 0.4) is 0 Å². The van der Waals surface area contributed by atoms with Crippen LogP contribution in [-0.2, 0) is 0 Å². The highest BCUT2D eigenvalue weighted by atomic mass is 14.3. The maximum absolute atomic E-state index is 3.87. The number of rotatable bonds is 9. The van der Waals surface area contributed by atoms with Crippen molar-refractivity contribution >= 4 is 0 Å². The zero-order valence-electron chi connectivity index (χ0n) is 18.9. The van der Waals surface area contributed by atoms with Gasteiger partial charge in [-0.1, -0.05) is 70.1 Å². The fraction of sp³-hybridized carbons (Fsp3) is 0.857. The lowest BCUT2D eigenvalue weighted by molar-refractivity contribution is 0.154. The fourth-order valence-electron chi connectivity index (χ4n) is 6.66. The fourth-order valence-corrected chi connectivity index (χ4v) is 6.66. The van der Waals surface area contributed by atoms with Crippen molar-refractivity contribution in [3.8, 4) is 0 Å². The molecule has 0 radical (unpaired) electrons. The van der Waals surface area contributed by atoms with Crippen LogP contribution in [0.1, 0.15) is 116 Å². The van der Waals surface area contributed by atoms with Gasteiger partial charge in [0.05, 0.1) is 0 Å². The van der Waals surface area contributed by atoms with Crippen LogP contribution >= 0.6 is 0 Å². The summed E-state index contributed by atoms with van der Waals surface area (Å²) in [6.45, 7) is 6.26. The Morgan fingerprint density at radius 2 is 1.14 bits per heavy atom. The maximum Gasteiger partial charge on any atom is -0.0233 e. The van der Waals surface area contributed by atoms with Gasteiger partial charge in [-0.05, 0) is 99.7 Å². The molecule has 3 aliphatic rings. The van der Waals surface area contributed by atoms with Gasteiger partial charge in [-0.2, -0.15) is 0 Å². The molecule has 0 bridgehead atoms. The normalized spacial score (nSPS) is 37.2. The second-order valence-corrected chi connectivity index (χ2v) is 10.6. The minimum atomic E-state index is 0.901. The largest absolute Gasteiger partial charge is 0.103 e. The van der Waals surface area contributed by atoms with Gasteiger partial charge in [-0.3, -0.25) is 0 Å². The SMILES string of the molecule is C=CCCC1CCC(CC/C=C/C2CCC(C3CCC(CC)CC3)CC2)CC1. The Morgan fingerprint density at radius 3 is 1.68 bits per heavy atom. The van der Waals surface area contributed by atoms with Crippen LogP contribution in [0.2, 0.25) is 0 Å². The molecule has 0 aromatic carbocycles. The molecule has 0 amide bonds. The Bertz CT molecular complexity index is 437. The second-order valence-electron chi connectivity index (χ2n) is 10.6. The molecule has 0 atom stereocenters. The van der Waals surface area contributed by atoms with E-state index in [-0.39, 0.29) is 0 Å². The quantitative estimate of drug-likeness (QED) is 0.348. The summed E-state index contributed by atoms with van der Waals surface area (Å²) in [5.74, 6) is 6.11. The first-order chi connectivity index (χ1) is 13.8. The summed E-state index contributed by atoms with van der Waals surface area (Å²) in [6, 6.07) is 0. The van der Waals surface area contributed by atoms with Gasteiger partial charge in [-0.25, -0.2) is 0 Å². The Balaban J connectivity index is 1.25. The van der Waals surface area contributed by atoms with E-state index >= 15 is 0 Å². The Labute approximate surface area is 176 Å². The van der Waals surface area contributed by atoms with E-state index in [1.807, 2.05) is 0 Å². The van der Waals surface area contributed by atoms with E-state index in [2.05, 4.69) is 31.7 Å². The molecule has 0 N–H and O–H groups in total. The van der Waals surface area contributed by atoms with E-state index in [1.165, 1.54) is 96.3 Å². The predicted molar refractivity (Wildman–Crippen MR) is 124 cm³/mol. The molecule has 28 heavy (non-hydrogen) atoms. The highest BCUT2D eigenvalue weighted by molar-refractivity contribution is 4.93. The minimum Gasteiger partial charge on any atom is -0.103 e. The van der Waals surface area contributed by atoms with Crippen LogP contribution in [-0.4, -0.2) is 0 Å². The van der Waals surface area contributed by atoms with Crippen LogP contribution in [0.4, 0.5) is 0 Å². The van der Waals surface area contributed by atoms with E-state index in [0.29, 0.717) is 0 Å². The molecule has 3 fully saturated rings. The minimum absolute atomic E-state index is 0.901. The summed E-state index contributed by atoms with van der Waals surface area (Å²) >= 11 is 0. The van der Waals surface area contributed by atoms with Crippen molar-refractivity contribution in [2.24, 2.45) is 35.5 Å². The molecule has 0 heteroatoms. The molecule has 0 heterocycles. The molecule has 3 rings (SSSR count). The Morgan fingerprint density at radius 1 is 0.643 bits per heavy atom. The zero-order valence-corrected chi connectivity index (χ0v) is 18.9. The maximum atomic E-state index is 3.87. The zero-order chi connectivity index (χ0) is 19.6. The summed E-state index contributed by atoms with van der Waals surface area (Å²) < 4.78 is 0. The van der Waals surface area contributed by atoms with Crippen molar-refractivity contribution in [3.05, 3.63) is 24.8 Å². The van der Waals surface area contributed by atoms with Gasteiger partial charge in [-0.15, -0.1) is 6.58 Å². The van der Waals surface area contributed by atoms with Crippen LogP contribution < -0.4 is 0 Å². The number of hydrogen-bond donors (Lipinski definition) is 0. The first kappa shape index (κ1) is 22.2. The van der Waals surface area contributed by atoms with Crippen molar-refractivity contribution in [1.82, 2.24) is 0 Å². The first-order valence-corrected chi connectivity index (χ1v) is 13.1. The van der Waals surface area contributed by atoms with Crippen LogP contribution in [0, 0.1) is 35.5 Å². The molecule has 0 saturated heterocycles. The van der Waals surface area contributed by atoms with Crippen LogP contribution in [0.15, 0.2) is 24.8 Å². The van der Waals surface area contributed by atoms with Crippen LogP contribution in [0.5, 0.6) is 0 Å². The van der Waals surface area contributed by atoms with Gasteiger partial charge in [0, 0.05) is 0 Å². The van der Waals surface area contributed by atoms with E-state index in [0.717, 1.165) is 35.5 Å². The molecule has 0 aromatic rings. The highest BCUT2D eigenvalue weighted by Crippen LogP contribution is 2.42. The number of hydrogen-bond acceptors (Lipinski definition) is 0. The Kier molecular flexibility index (Phi) is 9.69. The van der Waals surface area contributed by atoms with Gasteiger partial charge in [0.15, 0.2) is 0 Å². The summed E-state index contributed by atoms with van der Waals surface area (Å²) in [5.41, 5.74) is 0. The van der Waals surface area contributed by atoms with E-state index in [1.54, 1.807) is 12.8 Å². The molecular weight excluding hydrogens is 336 g/mol. The summed E-state index contributed by atoms with van der Waals surface area (Å²) in [6.07, 6.45) is 32.1. The highest BCUT2D eigenvalue weighted by Gasteiger charge is 2.29. The summed E-state index contributed by atoms with van der Waals surface area (Å²) in [4.78, 5) is 0. The van der Waals surface area contributed by atoms with Crippen molar-refractivity contribution in [2.75, 3.05) is 0 Å². The molecular formula is C28H48. The van der Waals surface area contributed by atoms with E-state index in [4.69, 9.17) is 0 Å². The molecule has 160 valence electrons. The number of allylic oxidation sites excluding steroid dienone is 3. The average Bonchev–Trinajstić information content (AvgIpc) is 2.76. The third-order valence-electron chi connectivity index (χ3n) is 8.85. The lowest BCUT2D eigenvalue weighted by atomic mass is 9.69. The van der Waals surface area contributed by atoms with Gasteiger partial charge in [0.2, 0.25) is 0 Å². The molecule has 3 aliphatic carbocycles. The van der Waals surface area contributed by atoms with Gasteiger partial charge >= 0.3 is 0 Å². The molecule has 0 unspecified atom stereocenters. The molecule has 0 aromatic heterocycles. The molecule has 0 nitrogen and oxygen atoms in total.